The molecule has 0 heterocycles. The van der Waals surface area contributed by atoms with E-state index >= 15 is 0 Å². The van der Waals surface area contributed by atoms with Gasteiger partial charge in [-0.1, -0.05) is 0 Å². The minimum Gasteiger partial charge on any atom is -1.00 e. The number of rotatable bonds is 5. The zero-order chi connectivity index (χ0) is 25.3. The van der Waals surface area contributed by atoms with Crippen LogP contribution in [0.15, 0.2) is 94.3 Å². The van der Waals surface area contributed by atoms with Crippen LogP contribution in [-0.2, 0) is 34.1 Å². The molecule has 4 saturated carbocycles. The van der Waals surface area contributed by atoms with Gasteiger partial charge in [-0.3, -0.25) is 0 Å². The molecule has 1 atom stereocenters. The average Bonchev–Trinajstić information content (AvgIpc) is 3.51. The van der Waals surface area contributed by atoms with Crippen molar-refractivity contribution in [2.45, 2.75) is 58.3 Å². The maximum absolute atomic E-state index is 2.83. The molecule has 3 heteroatoms. The van der Waals surface area contributed by atoms with Gasteiger partial charge < -0.3 is 24.8 Å². The molecule has 3 aromatic rings. The molecule has 204 valence electrons. The minimum atomic E-state index is -2.29. The zero-order valence-corrected chi connectivity index (χ0v) is 27.4. The third-order valence-electron chi connectivity index (χ3n) is 11.1. The van der Waals surface area contributed by atoms with Gasteiger partial charge in [0.1, 0.15) is 0 Å². The Kier molecular flexibility index (Phi) is 7.83. The number of fused-ring (bicyclic) bond motifs is 3. The Labute approximate surface area is 260 Å². The van der Waals surface area contributed by atoms with Crippen molar-refractivity contribution < 1.29 is 46.1 Å². The van der Waals surface area contributed by atoms with Crippen LogP contribution in [0, 0.1) is 28.6 Å². The number of hydrogen-bond acceptors (Lipinski definition) is 0. The first-order valence-corrected chi connectivity index (χ1v) is 18.8. The fourth-order valence-electron chi connectivity index (χ4n) is 9.58. The fourth-order valence-corrected chi connectivity index (χ4v) is 16.3. The Hall–Kier alpha value is -1.53. The summed E-state index contributed by atoms with van der Waals surface area (Å²) >= 11 is -2.29. The predicted octanol–water partition coefficient (Wildman–Crippen LogP) is 2.23. The SMILES string of the molecule is CC1(C23CC4CC(CC(C4)C2)C3)C=C[C]([Zr+2](=[CH]Cc2ccccc2)[c]2cccc3c2Cc2ccccc2-3)=C1.[Cl-].[Cl-]. The van der Waals surface area contributed by atoms with Crippen molar-refractivity contribution in [1.82, 2.24) is 0 Å². The second-order valence-electron chi connectivity index (χ2n) is 13.4. The summed E-state index contributed by atoms with van der Waals surface area (Å²) in [5, 5.41) is 0. The number of allylic oxidation sites excluding steroid dienone is 4. The van der Waals surface area contributed by atoms with E-state index in [1.54, 1.807) is 12.1 Å². The molecule has 0 radical (unpaired) electrons. The molecule has 0 spiro atoms. The molecular formula is C37H38Cl2Zr. The van der Waals surface area contributed by atoms with Crippen LogP contribution in [0.25, 0.3) is 11.1 Å². The summed E-state index contributed by atoms with van der Waals surface area (Å²) < 4.78 is 6.24. The summed E-state index contributed by atoms with van der Waals surface area (Å²) in [6.45, 7) is 2.62. The summed E-state index contributed by atoms with van der Waals surface area (Å²) in [6.07, 6.45) is 19.3. The van der Waals surface area contributed by atoms with Gasteiger partial charge in [0.05, 0.1) is 0 Å². The van der Waals surface area contributed by atoms with Gasteiger partial charge in [-0.25, -0.2) is 0 Å². The third kappa shape index (κ3) is 4.64. The van der Waals surface area contributed by atoms with Crippen LogP contribution >= 0.6 is 0 Å². The topological polar surface area (TPSA) is 0 Å². The molecule has 9 rings (SSSR count). The molecule has 0 amide bonds. The largest absolute Gasteiger partial charge is 1.00 e. The Balaban J connectivity index is 0.00000145. The Morgan fingerprint density at radius 2 is 1.43 bits per heavy atom. The molecular weight excluding hydrogens is 607 g/mol. The van der Waals surface area contributed by atoms with E-state index in [9.17, 15) is 0 Å². The van der Waals surface area contributed by atoms with Crippen molar-refractivity contribution in [3.8, 4) is 11.1 Å². The second-order valence-corrected chi connectivity index (χ2v) is 19.2. The first-order valence-electron chi connectivity index (χ1n) is 15.0. The van der Waals surface area contributed by atoms with Crippen LogP contribution < -0.4 is 28.1 Å². The van der Waals surface area contributed by atoms with Crippen molar-refractivity contribution in [2.24, 2.45) is 28.6 Å². The first-order chi connectivity index (χ1) is 18.6. The van der Waals surface area contributed by atoms with E-state index in [1.165, 1.54) is 60.8 Å². The molecule has 0 aliphatic heterocycles. The van der Waals surface area contributed by atoms with Gasteiger partial charge >= 0.3 is 237 Å². The quantitative estimate of drug-likeness (QED) is 0.313. The standard InChI is InChI=1S/C16H21.C13H9.C8H8.2ClH.Zr/c1-15(4-2-3-5-15)16-9-12-6-13(10-16)8-14(7-12)11-16;1-3-7-12-10(5-1)9-11-6-2-4-8-13(11)12;1-2-8-6-4-3-5-7-8;;;/h2,4-5,12-14H,6-11H2,1H3;1-5,7-8H,9H2;1,3-7H,2H2;2*1H;/q;;;;;+2/p-2. The molecule has 0 saturated heterocycles. The van der Waals surface area contributed by atoms with Crippen LogP contribution in [0.4, 0.5) is 0 Å². The molecule has 1 unspecified atom stereocenters. The maximum atomic E-state index is 2.83. The summed E-state index contributed by atoms with van der Waals surface area (Å²) in [7, 11) is 0. The van der Waals surface area contributed by atoms with Crippen molar-refractivity contribution in [3.63, 3.8) is 0 Å². The van der Waals surface area contributed by atoms with E-state index in [4.69, 9.17) is 0 Å². The summed E-state index contributed by atoms with van der Waals surface area (Å²) in [4.78, 5) is 0. The van der Waals surface area contributed by atoms with Gasteiger partial charge in [-0.2, -0.15) is 0 Å². The molecule has 40 heavy (non-hydrogen) atoms. The molecule has 4 bridgehead atoms. The van der Waals surface area contributed by atoms with Gasteiger partial charge in [-0.15, -0.1) is 0 Å². The van der Waals surface area contributed by atoms with E-state index in [0.29, 0.717) is 5.41 Å². The van der Waals surface area contributed by atoms with E-state index < -0.39 is 21.3 Å². The molecule has 6 aliphatic rings. The van der Waals surface area contributed by atoms with Gasteiger partial charge in [0.2, 0.25) is 0 Å². The van der Waals surface area contributed by atoms with Crippen LogP contribution in [-0.4, -0.2) is 3.71 Å². The second kappa shape index (κ2) is 10.9. The maximum Gasteiger partial charge on any atom is -1.00 e. The predicted molar refractivity (Wildman–Crippen MR) is 156 cm³/mol. The summed E-state index contributed by atoms with van der Waals surface area (Å²) in [6, 6.07) is 27.5. The van der Waals surface area contributed by atoms with E-state index in [2.05, 4.69) is 102 Å². The smallest absolute Gasteiger partial charge is 1.00 e. The van der Waals surface area contributed by atoms with E-state index in [-0.39, 0.29) is 30.2 Å². The normalized spacial score (nSPS) is 30.3. The number of hydrogen-bond donors (Lipinski definition) is 0. The molecule has 0 aromatic heterocycles. The monoisotopic (exact) mass is 642 g/mol. The fraction of sp³-hybridized carbons (Fsp3) is 0.378. The van der Waals surface area contributed by atoms with Crippen LogP contribution in [0.3, 0.4) is 0 Å². The van der Waals surface area contributed by atoms with Crippen LogP contribution in [0.2, 0.25) is 0 Å². The minimum absolute atomic E-state index is 0. The van der Waals surface area contributed by atoms with Crippen molar-refractivity contribution in [3.05, 3.63) is 111 Å². The molecule has 3 aromatic carbocycles. The van der Waals surface area contributed by atoms with Crippen molar-refractivity contribution in [2.75, 3.05) is 0 Å². The Bertz CT molecular complexity index is 1480. The first kappa shape index (κ1) is 28.6. The summed E-state index contributed by atoms with van der Waals surface area (Å²) in [5.41, 5.74) is 8.31. The molecule has 4 fully saturated rings. The molecule has 6 aliphatic carbocycles. The van der Waals surface area contributed by atoms with Crippen LogP contribution in [0.5, 0.6) is 0 Å². The van der Waals surface area contributed by atoms with Crippen LogP contribution in [0.1, 0.15) is 62.1 Å². The Morgan fingerprint density at radius 1 is 0.775 bits per heavy atom. The van der Waals surface area contributed by atoms with E-state index in [1.807, 2.05) is 0 Å². The molecule has 0 N–H and O–H groups in total. The number of benzene rings is 3. The number of halogens is 2. The van der Waals surface area contributed by atoms with Gasteiger partial charge in [-0.05, 0) is 0 Å². The average molecular weight is 645 g/mol. The van der Waals surface area contributed by atoms with Gasteiger partial charge in [0, 0.05) is 0 Å². The zero-order valence-electron chi connectivity index (χ0n) is 23.4. The third-order valence-corrected chi connectivity index (χ3v) is 17.5. The molecule has 0 nitrogen and oxygen atoms in total. The van der Waals surface area contributed by atoms with Gasteiger partial charge in [0.25, 0.3) is 0 Å². The van der Waals surface area contributed by atoms with E-state index in [0.717, 1.165) is 30.6 Å². The van der Waals surface area contributed by atoms with Crippen molar-refractivity contribution in [1.29, 1.82) is 0 Å². The Morgan fingerprint density at radius 3 is 2.15 bits per heavy atom. The summed E-state index contributed by atoms with van der Waals surface area (Å²) in [5.74, 6) is 3.01. The van der Waals surface area contributed by atoms with Crippen molar-refractivity contribution >= 4 is 6.98 Å². The van der Waals surface area contributed by atoms with Gasteiger partial charge in [0.15, 0.2) is 0 Å².